The summed E-state index contributed by atoms with van der Waals surface area (Å²) in [6.45, 7) is 0. The molecule has 6 heteroatoms. The molecule has 0 saturated carbocycles. The fourth-order valence-electron chi connectivity index (χ4n) is 0.795. The van der Waals surface area contributed by atoms with Crippen LogP contribution in [-0.4, -0.2) is 32.1 Å². The quantitative estimate of drug-likeness (QED) is 0.571. The minimum absolute atomic E-state index is 0.534. The monoisotopic (exact) mass is 199 g/mol. The van der Waals surface area contributed by atoms with E-state index in [-0.39, 0.29) is 0 Å². The van der Waals surface area contributed by atoms with E-state index in [1.165, 1.54) is 17.8 Å². The van der Waals surface area contributed by atoms with Crippen LogP contribution in [0.25, 0.3) is 6.08 Å². The van der Waals surface area contributed by atoms with E-state index in [4.69, 9.17) is 5.11 Å². The van der Waals surface area contributed by atoms with E-state index in [1.807, 2.05) is 6.26 Å². The molecule has 1 heterocycles. The smallest absolute Gasteiger partial charge is 0.328 e. The zero-order valence-electron chi connectivity index (χ0n) is 7.26. The first-order valence-electron chi connectivity index (χ1n) is 3.49. The van der Waals surface area contributed by atoms with Crippen LogP contribution in [0.15, 0.2) is 11.2 Å². The Hall–Kier alpha value is -1.30. The highest BCUT2D eigenvalue weighted by atomic mass is 32.2. The Balaban J connectivity index is 2.90. The number of thioether (sulfide) groups is 1. The van der Waals surface area contributed by atoms with Crippen molar-refractivity contribution < 1.29 is 9.90 Å². The Morgan fingerprint density at radius 2 is 2.31 bits per heavy atom. The van der Waals surface area contributed by atoms with Gasteiger partial charge < -0.3 is 9.67 Å². The second kappa shape index (κ2) is 4.08. The normalized spacial score (nSPS) is 10.9. The SMILES string of the molecule is CSc1nnc(/C=C/C(=O)O)n1C. The van der Waals surface area contributed by atoms with Gasteiger partial charge in [0.05, 0.1) is 0 Å². The molecule has 0 spiro atoms. The van der Waals surface area contributed by atoms with Crippen molar-refractivity contribution >= 4 is 23.8 Å². The summed E-state index contributed by atoms with van der Waals surface area (Å²) >= 11 is 1.46. The second-order valence-corrected chi connectivity index (χ2v) is 3.05. The van der Waals surface area contributed by atoms with Crippen LogP contribution in [0.4, 0.5) is 0 Å². The largest absolute Gasteiger partial charge is 0.478 e. The lowest BCUT2D eigenvalue weighted by molar-refractivity contribution is -0.131. The Morgan fingerprint density at radius 3 is 2.77 bits per heavy atom. The van der Waals surface area contributed by atoms with Gasteiger partial charge in [-0.2, -0.15) is 0 Å². The van der Waals surface area contributed by atoms with E-state index >= 15 is 0 Å². The first kappa shape index (κ1) is 9.79. The van der Waals surface area contributed by atoms with E-state index in [2.05, 4.69) is 10.2 Å². The minimum atomic E-state index is -0.992. The van der Waals surface area contributed by atoms with Crippen molar-refractivity contribution in [2.75, 3.05) is 6.26 Å². The highest BCUT2D eigenvalue weighted by molar-refractivity contribution is 7.98. The minimum Gasteiger partial charge on any atom is -0.478 e. The predicted molar refractivity (Wildman–Crippen MR) is 49.5 cm³/mol. The average Bonchev–Trinajstić information content (AvgIpc) is 2.43. The van der Waals surface area contributed by atoms with Crippen LogP contribution < -0.4 is 0 Å². The van der Waals surface area contributed by atoms with Crippen molar-refractivity contribution in [2.45, 2.75) is 5.16 Å². The number of hydrogen-bond acceptors (Lipinski definition) is 4. The van der Waals surface area contributed by atoms with Crippen molar-refractivity contribution in [2.24, 2.45) is 7.05 Å². The first-order chi connectivity index (χ1) is 6.15. The molecule has 0 aliphatic rings. The molecule has 1 rings (SSSR count). The summed E-state index contributed by atoms with van der Waals surface area (Å²) in [6.07, 6.45) is 4.33. The summed E-state index contributed by atoms with van der Waals surface area (Å²) in [5, 5.41) is 16.8. The maximum atomic E-state index is 10.2. The molecule has 1 N–H and O–H groups in total. The van der Waals surface area contributed by atoms with Gasteiger partial charge in [-0.3, -0.25) is 0 Å². The maximum Gasteiger partial charge on any atom is 0.328 e. The molecule has 0 unspecified atom stereocenters. The van der Waals surface area contributed by atoms with Crippen molar-refractivity contribution in [1.29, 1.82) is 0 Å². The summed E-state index contributed by atoms with van der Waals surface area (Å²) in [6, 6.07) is 0. The number of carbonyl (C=O) groups is 1. The van der Waals surface area contributed by atoms with Crippen LogP contribution >= 0.6 is 11.8 Å². The molecule has 0 amide bonds. The Morgan fingerprint density at radius 1 is 1.62 bits per heavy atom. The zero-order valence-corrected chi connectivity index (χ0v) is 8.08. The highest BCUT2D eigenvalue weighted by Gasteiger charge is 2.03. The van der Waals surface area contributed by atoms with Gasteiger partial charge in [0.2, 0.25) is 0 Å². The molecule has 13 heavy (non-hydrogen) atoms. The second-order valence-electron chi connectivity index (χ2n) is 2.28. The molecule has 0 saturated heterocycles. The summed E-state index contributed by atoms with van der Waals surface area (Å²) in [5.41, 5.74) is 0. The molecule has 0 bridgehead atoms. The number of aliphatic carboxylic acids is 1. The average molecular weight is 199 g/mol. The van der Waals surface area contributed by atoms with E-state index in [1.54, 1.807) is 11.6 Å². The van der Waals surface area contributed by atoms with E-state index in [0.29, 0.717) is 5.82 Å². The van der Waals surface area contributed by atoms with Gasteiger partial charge in [0, 0.05) is 13.1 Å². The summed E-state index contributed by atoms with van der Waals surface area (Å²) < 4.78 is 1.73. The number of aromatic nitrogens is 3. The number of hydrogen-bond donors (Lipinski definition) is 1. The van der Waals surface area contributed by atoms with Crippen molar-refractivity contribution in [3.63, 3.8) is 0 Å². The van der Waals surface area contributed by atoms with Crippen LogP contribution in [0.5, 0.6) is 0 Å². The van der Waals surface area contributed by atoms with Gasteiger partial charge in [0.25, 0.3) is 0 Å². The topological polar surface area (TPSA) is 68.0 Å². The predicted octanol–water partition coefficient (Wildman–Crippen LogP) is 0.635. The Bertz CT molecular complexity index is 346. The first-order valence-corrected chi connectivity index (χ1v) is 4.72. The number of carboxylic acids is 1. The van der Waals surface area contributed by atoms with Gasteiger partial charge >= 0.3 is 5.97 Å². The van der Waals surface area contributed by atoms with Crippen molar-refractivity contribution in [3.05, 3.63) is 11.9 Å². The summed E-state index contributed by atoms with van der Waals surface area (Å²) in [7, 11) is 1.79. The van der Waals surface area contributed by atoms with E-state index < -0.39 is 5.97 Å². The molecule has 0 aliphatic carbocycles. The lowest BCUT2D eigenvalue weighted by Crippen LogP contribution is -1.94. The van der Waals surface area contributed by atoms with Crippen molar-refractivity contribution in [3.8, 4) is 0 Å². The fraction of sp³-hybridized carbons (Fsp3) is 0.286. The van der Waals surface area contributed by atoms with Gasteiger partial charge in [-0.1, -0.05) is 11.8 Å². The number of rotatable bonds is 3. The molecule has 1 aromatic heterocycles. The van der Waals surface area contributed by atoms with Gasteiger partial charge in [0.1, 0.15) is 0 Å². The molecule has 0 atom stereocenters. The third kappa shape index (κ3) is 2.32. The Kier molecular flexibility index (Phi) is 3.07. The zero-order chi connectivity index (χ0) is 9.84. The third-order valence-corrected chi connectivity index (χ3v) is 2.15. The summed E-state index contributed by atoms with van der Waals surface area (Å²) in [4.78, 5) is 10.2. The van der Waals surface area contributed by atoms with E-state index in [9.17, 15) is 4.79 Å². The van der Waals surface area contributed by atoms with E-state index in [0.717, 1.165) is 11.2 Å². The summed E-state index contributed by atoms with van der Waals surface area (Å²) in [5.74, 6) is -0.458. The lowest BCUT2D eigenvalue weighted by atomic mass is 10.5. The molecular formula is C7H9N3O2S. The van der Waals surface area contributed by atoms with Crippen LogP contribution in [0.3, 0.4) is 0 Å². The molecule has 0 fully saturated rings. The van der Waals surface area contributed by atoms with Gasteiger partial charge in [-0.25, -0.2) is 4.79 Å². The molecule has 0 radical (unpaired) electrons. The third-order valence-electron chi connectivity index (χ3n) is 1.43. The highest BCUT2D eigenvalue weighted by Crippen LogP contribution is 2.11. The van der Waals surface area contributed by atoms with Crippen LogP contribution in [0.2, 0.25) is 0 Å². The number of nitrogens with zero attached hydrogens (tertiary/aromatic N) is 3. The van der Waals surface area contributed by atoms with Crippen LogP contribution in [0, 0.1) is 0 Å². The molecule has 0 aromatic carbocycles. The molecule has 0 aliphatic heterocycles. The van der Waals surface area contributed by atoms with Crippen molar-refractivity contribution in [1.82, 2.24) is 14.8 Å². The number of carboxylic acid groups (broad SMARTS) is 1. The molecule has 70 valence electrons. The molecule has 1 aromatic rings. The molecule has 5 nitrogen and oxygen atoms in total. The van der Waals surface area contributed by atoms with Crippen LogP contribution in [0.1, 0.15) is 5.82 Å². The maximum absolute atomic E-state index is 10.2. The van der Waals surface area contributed by atoms with Crippen LogP contribution in [-0.2, 0) is 11.8 Å². The van der Waals surface area contributed by atoms with Gasteiger partial charge in [-0.05, 0) is 12.3 Å². The fourth-order valence-corrected chi connectivity index (χ4v) is 1.28. The van der Waals surface area contributed by atoms with Gasteiger partial charge in [-0.15, -0.1) is 10.2 Å². The standard InChI is InChI=1S/C7H9N3O2S/c1-10-5(3-4-6(11)12)8-9-7(10)13-2/h3-4H,1-2H3,(H,11,12)/b4-3+. The lowest BCUT2D eigenvalue weighted by Gasteiger charge is -1.95. The van der Waals surface area contributed by atoms with Gasteiger partial charge in [0.15, 0.2) is 11.0 Å². The Labute approximate surface area is 79.5 Å². The molecular weight excluding hydrogens is 190 g/mol.